The van der Waals surface area contributed by atoms with Crippen molar-refractivity contribution in [2.45, 2.75) is 44.2 Å². The summed E-state index contributed by atoms with van der Waals surface area (Å²) in [6, 6.07) is 10.9. The molecule has 2 N–H and O–H groups in total. The van der Waals surface area contributed by atoms with Crippen LogP contribution in [0.4, 0.5) is 11.5 Å². The number of amides is 4. The van der Waals surface area contributed by atoms with Crippen LogP contribution in [0, 0.1) is 0 Å². The summed E-state index contributed by atoms with van der Waals surface area (Å²) in [5.41, 5.74) is 1.37. The van der Waals surface area contributed by atoms with Gasteiger partial charge < -0.3 is 15.1 Å². The van der Waals surface area contributed by atoms with Gasteiger partial charge in [0.15, 0.2) is 0 Å². The average Bonchev–Trinajstić information content (AvgIpc) is 3.25. The number of hydrogen-bond donors (Lipinski definition) is 2. The Kier molecular flexibility index (Phi) is 7.97. The zero-order valence-corrected chi connectivity index (χ0v) is 23.3. The van der Waals surface area contributed by atoms with Gasteiger partial charge in [-0.1, -0.05) is 6.07 Å². The molecule has 0 aliphatic carbocycles. The quantitative estimate of drug-likeness (QED) is 0.367. The Bertz CT molecular complexity index is 1310. The number of hydrogen-bond acceptors (Lipinski definition) is 9. The molecule has 2 unspecified atom stereocenters. The van der Waals surface area contributed by atoms with E-state index in [2.05, 4.69) is 36.4 Å². The predicted molar refractivity (Wildman–Crippen MR) is 154 cm³/mol. The number of nitrogens with one attached hydrogen (secondary N) is 2. The summed E-state index contributed by atoms with van der Waals surface area (Å²) in [5, 5.41) is 5.63. The summed E-state index contributed by atoms with van der Waals surface area (Å²) >= 11 is 0. The fourth-order valence-electron chi connectivity index (χ4n) is 6.51. The standard InChI is InChI=1S/C30H37N7O4/c38-27-10-9-25(28(39)33-27)37-29(40)23-8-7-21(19-24(23)30(37)41)31-12-4-14-34-13-3-5-22(20-34)35-15-17-36(18-16-35)26-6-1-2-11-32-26/h1-2,6-8,11,19,22,25,31H,3-5,9-10,12-18,20H2,(H,33,38,39). The van der Waals surface area contributed by atoms with E-state index in [0.717, 1.165) is 75.2 Å². The van der Waals surface area contributed by atoms with Crippen LogP contribution >= 0.6 is 0 Å². The fraction of sp³-hybridized carbons (Fsp3) is 0.500. The van der Waals surface area contributed by atoms with Crippen LogP contribution in [0.25, 0.3) is 0 Å². The van der Waals surface area contributed by atoms with Gasteiger partial charge in [-0.3, -0.25) is 34.3 Å². The molecule has 1 aromatic heterocycles. The van der Waals surface area contributed by atoms with Crippen molar-refractivity contribution < 1.29 is 19.2 Å². The molecule has 2 atom stereocenters. The van der Waals surface area contributed by atoms with E-state index in [-0.39, 0.29) is 18.7 Å². The van der Waals surface area contributed by atoms with Crippen molar-refractivity contribution in [2.75, 3.05) is 62.6 Å². The van der Waals surface area contributed by atoms with Crippen LogP contribution in [0.5, 0.6) is 0 Å². The highest BCUT2D eigenvalue weighted by Gasteiger charge is 2.44. The molecule has 5 heterocycles. The second-order valence-electron chi connectivity index (χ2n) is 11.3. The number of carbonyl (C=O) groups excluding carboxylic acids is 4. The van der Waals surface area contributed by atoms with Gasteiger partial charge in [0, 0.05) is 63.6 Å². The number of fused-ring (bicyclic) bond motifs is 1. The SMILES string of the molecule is O=C1CCC(N2C(=O)c3ccc(NCCCN4CCCC(N5CCN(c6ccccn6)CC5)C4)cc3C2=O)C(=O)N1. The monoisotopic (exact) mass is 559 g/mol. The number of imide groups is 2. The minimum Gasteiger partial charge on any atom is -0.385 e. The number of nitrogens with zero attached hydrogens (tertiary/aromatic N) is 5. The van der Waals surface area contributed by atoms with Crippen molar-refractivity contribution in [3.05, 3.63) is 53.7 Å². The van der Waals surface area contributed by atoms with E-state index in [4.69, 9.17) is 0 Å². The normalized spacial score (nSPS) is 24.0. The Hall–Kier alpha value is -3.83. The number of rotatable bonds is 8. The minimum atomic E-state index is -0.949. The number of aromatic nitrogens is 1. The van der Waals surface area contributed by atoms with E-state index in [1.807, 2.05) is 18.3 Å². The molecule has 0 radical (unpaired) electrons. The Labute approximate surface area is 239 Å². The van der Waals surface area contributed by atoms with Crippen LogP contribution < -0.4 is 15.5 Å². The second-order valence-corrected chi connectivity index (χ2v) is 11.3. The maximum Gasteiger partial charge on any atom is 0.262 e. The van der Waals surface area contributed by atoms with Crippen LogP contribution in [0.1, 0.15) is 52.8 Å². The lowest BCUT2D eigenvalue weighted by molar-refractivity contribution is -0.136. The lowest BCUT2D eigenvalue weighted by Crippen LogP contribution is -2.55. The van der Waals surface area contributed by atoms with Crippen molar-refractivity contribution in [1.29, 1.82) is 0 Å². The van der Waals surface area contributed by atoms with Gasteiger partial charge in [-0.25, -0.2) is 4.98 Å². The maximum absolute atomic E-state index is 13.1. The van der Waals surface area contributed by atoms with Gasteiger partial charge >= 0.3 is 0 Å². The van der Waals surface area contributed by atoms with Crippen LogP contribution in [-0.2, 0) is 9.59 Å². The smallest absolute Gasteiger partial charge is 0.262 e. The molecule has 4 aliphatic heterocycles. The third kappa shape index (κ3) is 5.82. The highest BCUT2D eigenvalue weighted by atomic mass is 16.2. The van der Waals surface area contributed by atoms with Crippen molar-refractivity contribution >= 4 is 35.1 Å². The molecule has 0 bridgehead atoms. The molecule has 3 saturated heterocycles. The van der Waals surface area contributed by atoms with Crippen LogP contribution in [-0.4, -0.2) is 108 Å². The Morgan fingerprint density at radius 2 is 1.76 bits per heavy atom. The van der Waals surface area contributed by atoms with Crippen molar-refractivity contribution in [3.63, 3.8) is 0 Å². The molecule has 4 amide bonds. The fourth-order valence-corrected chi connectivity index (χ4v) is 6.51. The highest BCUT2D eigenvalue weighted by molar-refractivity contribution is 6.23. The van der Waals surface area contributed by atoms with Crippen molar-refractivity contribution in [3.8, 4) is 0 Å². The molecule has 11 heteroatoms. The van der Waals surface area contributed by atoms with E-state index >= 15 is 0 Å². The number of anilines is 2. The van der Waals surface area contributed by atoms with Gasteiger partial charge in [-0.2, -0.15) is 0 Å². The first-order valence-electron chi connectivity index (χ1n) is 14.7. The number of piperidine rings is 2. The molecular formula is C30H37N7O4. The molecule has 216 valence electrons. The molecular weight excluding hydrogens is 522 g/mol. The van der Waals surface area contributed by atoms with Gasteiger partial charge in [0.2, 0.25) is 11.8 Å². The Balaban J connectivity index is 0.962. The summed E-state index contributed by atoms with van der Waals surface area (Å²) in [5.74, 6) is -0.877. The van der Waals surface area contributed by atoms with E-state index in [1.54, 1.807) is 18.2 Å². The predicted octanol–water partition coefficient (Wildman–Crippen LogP) is 1.57. The largest absolute Gasteiger partial charge is 0.385 e. The molecule has 2 aromatic rings. The third-order valence-corrected chi connectivity index (χ3v) is 8.70. The summed E-state index contributed by atoms with van der Waals surface area (Å²) in [6.07, 6.45) is 5.54. The van der Waals surface area contributed by atoms with Gasteiger partial charge in [0.25, 0.3) is 11.8 Å². The van der Waals surface area contributed by atoms with E-state index < -0.39 is 23.8 Å². The first-order chi connectivity index (χ1) is 20.0. The first-order valence-corrected chi connectivity index (χ1v) is 14.7. The van der Waals surface area contributed by atoms with Gasteiger partial charge in [-0.15, -0.1) is 0 Å². The topological polar surface area (TPSA) is 118 Å². The van der Waals surface area contributed by atoms with Crippen LogP contribution in [0.15, 0.2) is 42.6 Å². The first kappa shape index (κ1) is 27.3. The third-order valence-electron chi connectivity index (χ3n) is 8.70. The van der Waals surface area contributed by atoms with E-state index in [1.165, 1.54) is 12.8 Å². The molecule has 3 fully saturated rings. The van der Waals surface area contributed by atoms with Crippen molar-refractivity contribution in [2.24, 2.45) is 0 Å². The van der Waals surface area contributed by atoms with Crippen LogP contribution in [0.3, 0.4) is 0 Å². The molecule has 4 aliphatic rings. The Morgan fingerprint density at radius 3 is 2.54 bits per heavy atom. The van der Waals surface area contributed by atoms with E-state index in [9.17, 15) is 19.2 Å². The Morgan fingerprint density at radius 1 is 0.927 bits per heavy atom. The van der Waals surface area contributed by atoms with Crippen molar-refractivity contribution in [1.82, 2.24) is 25.0 Å². The summed E-state index contributed by atoms with van der Waals surface area (Å²) in [7, 11) is 0. The molecule has 0 saturated carbocycles. The number of piperazine rings is 1. The number of likely N-dealkylation sites (tertiary alicyclic amines) is 1. The molecule has 6 rings (SSSR count). The summed E-state index contributed by atoms with van der Waals surface area (Å²) < 4.78 is 0. The average molecular weight is 560 g/mol. The van der Waals surface area contributed by atoms with Gasteiger partial charge in [-0.05, 0) is 69.1 Å². The van der Waals surface area contributed by atoms with Gasteiger partial charge in [0.05, 0.1) is 11.1 Å². The molecule has 1 aromatic carbocycles. The maximum atomic E-state index is 13.1. The summed E-state index contributed by atoms with van der Waals surface area (Å²) in [6.45, 7) is 8.12. The highest BCUT2D eigenvalue weighted by Crippen LogP contribution is 2.29. The number of carbonyl (C=O) groups is 4. The lowest BCUT2D eigenvalue weighted by atomic mass is 10.0. The van der Waals surface area contributed by atoms with Crippen LogP contribution in [0.2, 0.25) is 0 Å². The second kappa shape index (κ2) is 12.0. The zero-order valence-electron chi connectivity index (χ0n) is 23.3. The zero-order chi connectivity index (χ0) is 28.3. The lowest BCUT2D eigenvalue weighted by Gasteiger charge is -2.43. The number of benzene rings is 1. The molecule has 11 nitrogen and oxygen atoms in total. The minimum absolute atomic E-state index is 0.108. The summed E-state index contributed by atoms with van der Waals surface area (Å²) in [4.78, 5) is 62.8. The molecule has 0 spiro atoms. The van der Waals surface area contributed by atoms with E-state index in [0.29, 0.717) is 17.2 Å². The van der Waals surface area contributed by atoms with Gasteiger partial charge in [0.1, 0.15) is 11.9 Å². The number of pyridine rings is 1. The molecule has 41 heavy (non-hydrogen) atoms.